The van der Waals surface area contributed by atoms with E-state index in [2.05, 4.69) is 10.3 Å². The Morgan fingerprint density at radius 3 is 3.06 bits per heavy atom. The Morgan fingerprint density at radius 2 is 2.22 bits per heavy atom. The first-order valence-electron chi connectivity index (χ1n) is 5.37. The lowest BCUT2D eigenvalue weighted by Gasteiger charge is -2.06. The van der Waals surface area contributed by atoms with Crippen LogP contribution in [0.1, 0.15) is 21.6 Å². The van der Waals surface area contributed by atoms with E-state index >= 15 is 0 Å². The third kappa shape index (κ3) is 1.96. The van der Waals surface area contributed by atoms with Gasteiger partial charge in [-0.1, -0.05) is 6.07 Å². The summed E-state index contributed by atoms with van der Waals surface area (Å²) in [6, 6.07) is 5.89. The molecule has 1 aliphatic heterocycles. The standard InChI is InChI=1S/C12H10N2O3S/c15-12(16)10-11(18-6-13-10)14-9-2-1-7-4-17-5-8(7)3-9/h1-3,6,14H,4-5H2,(H,15,16). The number of aromatic nitrogens is 1. The number of rotatable bonds is 3. The Balaban J connectivity index is 1.88. The Labute approximate surface area is 107 Å². The highest BCUT2D eigenvalue weighted by Gasteiger charge is 2.15. The van der Waals surface area contributed by atoms with Crippen molar-refractivity contribution in [2.45, 2.75) is 13.2 Å². The van der Waals surface area contributed by atoms with E-state index in [1.165, 1.54) is 22.4 Å². The van der Waals surface area contributed by atoms with Crippen molar-refractivity contribution in [2.24, 2.45) is 0 Å². The van der Waals surface area contributed by atoms with Gasteiger partial charge in [0.05, 0.1) is 18.7 Å². The molecule has 18 heavy (non-hydrogen) atoms. The number of fused-ring (bicyclic) bond motifs is 1. The second-order valence-electron chi connectivity index (χ2n) is 3.94. The largest absolute Gasteiger partial charge is 0.476 e. The van der Waals surface area contributed by atoms with Crippen LogP contribution in [0.25, 0.3) is 0 Å². The maximum Gasteiger partial charge on any atom is 0.357 e. The number of carboxylic acid groups (broad SMARTS) is 1. The van der Waals surface area contributed by atoms with Crippen LogP contribution < -0.4 is 5.32 Å². The topological polar surface area (TPSA) is 71.5 Å². The molecule has 0 unspecified atom stereocenters. The van der Waals surface area contributed by atoms with Crippen molar-refractivity contribution in [3.8, 4) is 0 Å². The average Bonchev–Trinajstić information content (AvgIpc) is 2.96. The molecule has 92 valence electrons. The lowest BCUT2D eigenvalue weighted by molar-refractivity contribution is 0.0692. The van der Waals surface area contributed by atoms with Crippen LogP contribution in [0.4, 0.5) is 10.7 Å². The van der Waals surface area contributed by atoms with Crippen LogP contribution >= 0.6 is 11.3 Å². The zero-order chi connectivity index (χ0) is 12.5. The minimum Gasteiger partial charge on any atom is -0.476 e. The molecule has 2 aromatic rings. The van der Waals surface area contributed by atoms with Crippen LogP contribution in [-0.2, 0) is 18.0 Å². The molecule has 0 spiro atoms. The summed E-state index contributed by atoms with van der Waals surface area (Å²) in [6.45, 7) is 1.26. The summed E-state index contributed by atoms with van der Waals surface area (Å²) in [5.74, 6) is -1.02. The number of thiazole rings is 1. The summed E-state index contributed by atoms with van der Waals surface area (Å²) in [5.41, 5.74) is 4.75. The number of carboxylic acids is 1. The molecule has 0 saturated heterocycles. The van der Waals surface area contributed by atoms with Gasteiger partial charge in [0, 0.05) is 5.69 Å². The first kappa shape index (κ1) is 11.2. The molecule has 3 rings (SSSR count). The predicted molar refractivity (Wildman–Crippen MR) is 67.3 cm³/mol. The van der Waals surface area contributed by atoms with Gasteiger partial charge in [-0.15, -0.1) is 11.3 Å². The van der Waals surface area contributed by atoms with Crippen molar-refractivity contribution in [2.75, 3.05) is 5.32 Å². The highest BCUT2D eigenvalue weighted by molar-refractivity contribution is 7.14. The van der Waals surface area contributed by atoms with Gasteiger partial charge in [-0.2, -0.15) is 0 Å². The van der Waals surface area contributed by atoms with Crippen molar-refractivity contribution in [1.82, 2.24) is 4.98 Å². The van der Waals surface area contributed by atoms with E-state index in [-0.39, 0.29) is 5.69 Å². The minimum atomic E-state index is -1.02. The van der Waals surface area contributed by atoms with E-state index in [1.54, 1.807) is 0 Å². The summed E-state index contributed by atoms with van der Waals surface area (Å²) in [4.78, 5) is 14.8. The first-order chi connectivity index (χ1) is 8.74. The highest BCUT2D eigenvalue weighted by Crippen LogP contribution is 2.28. The SMILES string of the molecule is O=C(O)c1ncsc1Nc1ccc2c(c1)COC2. The van der Waals surface area contributed by atoms with Gasteiger partial charge >= 0.3 is 5.97 Å². The maximum atomic E-state index is 10.9. The zero-order valence-corrected chi connectivity index (χ0v) is 10.2. The summed E-state index contributed by atoms with van der Waals surface area (Å²) >= 11 is 1.27. The summed E-state index contributed by atoms with van der Waals surface area (Å²) in [6.07, 6.45) is 0. The molecule has 0 bridgehead atoms. The Hall–Kier alpha value is -1.92. The molecule has 0 radical (unpaired) electrons. The van der Waals surface area contributed by atoms with Gasteiger partial charge in [0.25, 0.3) is 0 Å². The maximum absolute atomic E-state index is 10.9. The number of nitrogens with one attached hydrogen (secondary N) is 1. The van der Waals surface area contributed by atoms with Crippen molar-refractivity contribution in [1.29, 1.82) is 0 Å². The van der Waals surface area contributed by atoms with Crippen molar-refractivity contribution in [3.63, 3.8) is 0 Å². The molecule has 5 nitrogen and oxygen atoms in total. The molecule has 0 amide bonds. The molecule has 0 saturated carbocycles. The Bertz CT molecular complexity index is 609. The minimum absolute atomic E-state index is 0.0525. The number of hydrogen-bond donors (Lipinski definition) is 2. The van der Waals surface area contributed by atoms with Crippen LogP contribution in [0.15, 0.2) is 23.7 Å². The molecular formula is C12H10N2O3S. The van der Waals surface area contributed by atoms with Crippen molar-refractivity contribution < 1.29 is 14.6 Å². The van der Waals surface area contributed by atoms with Crippen molar-refractivity contribution >= 4 is 28.0 Å². The average molecular weight is 262 g/mol. The van der Waals surface area contributed by atoms with Crippen LogP contribution in [0.2, 0.25) is 0 Å². The van der Waals surface area contributed by atoms with E-state index in [0.717, 1.165) is 11.3 Å². The molecule has 0 aliphatic carbocycles. The molecule has 1 aromatic heterocycles. The van der Waals surface area contributed by atoms with E-state index in [1.807, 2.05) is 18.2 Å². The van der Waals surface area contributed by atoms with Gasteiger partial charge in [-0.25, -0.2) is 9.78 Å². The van der Waals surface area contributed by atoms with E-state index in [9.17, 15) is 4.79 Å². The third-order valence-corrected chi connectivity index (χ3v) is 3.49. The fraction of sp³-hybridized carbons (Fsp3) is 0.167. The van der Waals surface area contributed by atoms with Gasteiger partial charge < -0.3 is 15.2 Å². The Kier molecular flexibility index (Phi) is 2.73. The monoisotopic (exact) mass is 262 g/mol. The summed E-state index contributed by atoms with van der Waals surface area (Å²) < 4.78 is 5.34. The molecule has 0 atom stereocenters. The fourth-order valence-corrected chi connectivity index (χ4v) is 2.56. The lowest BCUT2D eigenvalue weighted by Crippen LogP contribution is -2.01. The second kappa shape index (κ2) is 4.40. The molecule has 1 aromatic carbocycles. The van der Waals surface area contributed by atoms with E-state index < -0.39 is 5.97 Å². The summed E-state index contributed by atoms with van der Waals surface area (Å²) in [7, 11) is 0. The van der Waals surface area contributed by atoms with Gasteiger partial charge in [0.1, 0.15) is 5.00 Å². The molecule has 2 N–H and O–H groups in total. The predicted octanol–water partition coefficient (Wildman–Crippen LogP) is 2.62. The number of ether oxygens (including phenoxy) is 1. The van der Waals surface area contributed by atoms with Gasteiger partial charge in [-0.3, -0.25) is 0 Å². The molecule has 0 fully saturated rings. The third-order valence-electron chi connectivity index (χ3n) is 2.75. The van der Waals surface area contributed by atoms with Crippen LogP contribution in [0.3, 0.4) is 0 Å². The second-order valence-corrected chi connectivity index (χ2v) is 4.79. The number of carbonyl (C=O) groups is 1. The van der Waals surface area contributed by atoms with Gasteiger partial charge in [0.15, 0.2) is 5.69 Å². The lowest BCUT2D eigenvalue weighted by atomic mass is 10.1. The number of hydrogen-bond acceptors (Lipinski definition) is 5. The molecule has 1 aliphatic rings. The number of anilines is 2. The zero-order valence-electron chi connectivity index (χ0n) is 9.34. The quantitative estimate of drug-likeness (QED) is 0.889. The number of benzene rings is 1. The molecule has 6 heteroatoms. The van der Waals surface area contributed by atoms with E-state index in [0.29, 0.717) is 18.2 Å². The van der Waals surface area contributed by atoms with Gasteiger partial charge in [0.2, 0.25) is 0 Å². The molecule has 2 heterocycles. The van der Waals surface area contributed by atoms with E-state index in [4.69, 9.17) is 9.84 Å². The van der Waals surface area contributed by atoms with Crippen LogP contribution in [0.5, 0.6) is 0 Å². The smallest absolute Gasteiger partial charge is 0.357 e. The summed E-state index contributed by atoms with van der Waals surface area (Å²) in [5, 5.41) is 12.6. The van der Waals surface area contributed by atoms with Crippen molar-refractivity contribution in [3.05, 3.63) is 40.5 Å². The number of nitrogens with zero attached hydrogens (tertiary/aromatic N) is 1. The first-order valence-corrected chi connectivity index (χ1v) is 6.25. The van der Waals surface area contributed by atoms with Crippen LogP contribution in [-0.4, -0.2) is 16.1 Å². The molecular weight excluding hydrogens is 252 g/mol. The highest BCUT2D eigenvalue weighted by atomic mass is 32.1. The Morgan fingerprint density at radius 1 is 1.39 bits per heavy atom. The fourth-order valence-electron chi connectivity index (χ4n) is 1.87. The number of aromatic carboxylic acids is 1. The normalized spacial score (nSPS) is 13.3. The van der Waals surface area contributed by atoms with Gasteiger partial charge in [-0.05, 0) is 23.3 Å². The van der Waals surface area contributed by atoms with Crippen LogP contribution in [0, 0.1) is 0 Å².